The van der Waals surface area contributed by atoms with E-state index in [0.717, 1.165) is 36.0 Å². The number of pyridine rings is 1. The smallest absolute Gasteiger partial charge is 0.219 e. The van der Waals surface area contributed by atoms with Crippen LogP contribution in [-0.4, -0.2) is 43.2 Å². The molecule has 0 aliphatic rings. The average molecular weight is 403 g/mol. The van der Waals surface area contributed by atoms with Gasteiger partial charge in [-0.15, -0.1) is 0 Å². The summed E-state index contributed by atoms with van der Waals surface area (Å²) < 4.78 is 11.3. The number of benzene rings is 1. The third-order valence-electron chi connectivity index (χ3n) is 3.91. The van der Waals surface area contributed by atoms with Crippen LogP contribution in [-0.2, 0) is 6.54 Å². The second kappa shape index (κ2) is 12.9. The molecule has 1 aromatic carbocycles. The highest BCUT2D eigenvalue weighted by Crippen LogP contribution is 2.23. The fraction of sp³-hybridized carbons (Fsp3) is 0.429. The van der Waals surface area contributed by atoms with Crippen molar-refractivity contribution in [2.75, 3.05) is 32.2 Å². The van der Waals surface area contributed by atoms with Crippen molar-refractivity contribution in [3.8, 4) is 17.4 Å². The highest BCUT2D eigenvalue weighted by Gasteiger charge is 2.03. The number of hydrogen-bond donors (Lipinski definition) is 2. The molecule has 0 saturated carbocycles. The van der Waals surface area contributed by atoms with E-state index in [1.165, 1.54) is 12.2 Å². The number of rotatable bonds is 11. The first-order chi connectivity index (χ1) is 13.7. The average Bonchev–Trinajstić information content (AvgIpc) is 2.72. The molecule has 0 radical (unpaired) electrons. The van der Waals surface area contributed by atoms with E-state index in [1.54, 1.807) is 13.2 Å². The van der Waals surface area contributed by atoms with Gasteiger partial charge in [0.25, 0.3) is 0 Å². The van der Waals surface area contributed by atoms with Gasteiger partial charge in [-0.3, -0.25) is 4.99 Å². The molecule has 0 atom stereocenters. The Morgan fingerprint density at radius 1 is 1.11 bits per heavy atom. The molecule has 7 heteroatoms. The van der Waals surface area contributed by atoms with Gasteiger partial charge in [-0.05, 0) is 67.7 Å². The number of guanidine groups is 1. The zero-order chi connectivity index (χ0) is 20.0. The van der Waals surface area contributed by atoms with E-state index in [4.69, 9.17) is 9.47 Å². The third kappa shape index (κ3) is 8.08. The number of unbranched alkanes of at least 4 members (excludes halogenated alkanes) is 1. The van der Waals surface area contributed by atoms with E-state index in [-0.39, 0.29) is 0 Å². The van der Waals surface area contributed by atoms with Crippen LogP contribution in [0.25, 0.3) is 0 Å². The van der Waals surface area contributed by atoms with Gasteiger partial charge < -0.3 is 20.1 Å². The maximum absolute atomic E-state index is 5.85. The zero-order valence-electron chi connectivity index (χ0n) is 16.9. The summed E-state index contributed by atoms with van der Waals surface area (Å²) in [5.41, 5.74) is 1.07. The van der Waals surface area contributed by atoms with Crippen LogP contribution >= 0.6 is 11.8 Å². The van der Waals surface area contributed by atoms with Crippen molar-refractivity contribution < 1.29 is 9.47 Å². The van der Waals surface area contributed by atoms with Crippen LogP contribution in [0.3, 0.4) is 0 Å². The first-order valence-corrected chi connectivity index (χ1v) is 10.9. The van der Waals surface area contributed by atoms with Gasteiger partial charge >= 0.3 is 0 Å². The molecule has 28 heavy (non-hydrogen) atoms. The van der Waals surface area contributed by atoms with E-state index < -0.39 is 0 Å². The number of nitrogens with zero attached hydrogens (tertiary/aromatic N) is 2. The fourth-order valence-electron chi connectivity index (χ4n) is 2.49. The summed E-state index contributed by atoms with van der Waals surface area (Å²) in [5.74, 6) is 4.11. The van der Waals surface area contributed by atoms with Gasteiger partial charge in [0.15, 0.2) is 5.96 Å². The van der Waals surface area contributed by atoms with Gasteiger partial charge in [0.2, 0.25) is 5.88 Å². The summed E-state index contributed by atoms with van der Waals surface area (Å²) in [7, 11) is 1.78. The Balaban J connectivity index is 1.83. The summed E-state index contributed by atoms with van der Waals surface area (Å²) in [6, 6.07) is 11.4. The minimum atomic E-state index is 0.559. The molecule has 0 aliphatic carbocycles. The minimum absolute atomic E-state index is 0.559. The molecule has 2 rings (SSSR count). The number of ether oxygens (including phenoxy) is 2. The van der Waals surface area contributed by atoms with Gasteiger partial charge in [0, 0.05) is 32.4 Å². The van der Waals surface area contributed by atoms with Gasteiger partial charge in [-0.25, -0.2) is 4.98 Å². The lowest BCUT2D eigenvalue weighted by molar-refractivity contribution is 0.339. The first kappa shape index (κ1) is 21.9. The zero-order valence-corrected chi connectivity index (χ0v) is 17.7. The molecule has 0 unspecified atom stereocenters. The molecule has 0 saturated heterocycles. The van der Waals surface area contributed by atoms with Crippen molar-refractivity contribution in [3.63, 3.8) is 0 Å². The molecule has 152 valence electrons. The molecule has 2 N–H and O–H groups in total. The molecule has 0 bridgehead atoms. The van der Waals surface area contributed by atoms with Crippen LogP contribution in [0, 0.1) is 0 Å². The van der Waals surface area contributed by atoms with Crippen molar-refractivity contribution in [2.24, 2.45) is 4.99 Å². The second-order valence-corrected chi connectivity index (χ2v) is 7.05. The number of aromatic nitrogens is 1. The summed E-state index contributed by atoms with van der Waals surface area (Å²) in [4.78, 5) is 8.55. The van der Waals surface area contributed by atoms with E-state index >= 15 is 0 Å². The minimum Gasteiger partial charge on any atom is -0.494 e. The number of thioether (sulfide) groups is 1. The van der Waals surface area contributed by atoms with Crippen LogP contribution in [0.4, 0.5) is 0 Å². The van der Waals surface area contributed by atoms with E-state index in [0.29, 0.717) is 19.0 Å². The largest absolute Gasteiger partial charge is 0.494 e. The Kier molecular flexibility index (Phi) is 10.1. The lowest BCUT2D eigenvalue weighted by Gasteiger charge is -2.12. The van der Waals surface area contributed by atoms with E-state index in [1.807, 2.05) is 55.1 Å². The van der Waals surface area contributed by atoms with Gasteiger partial charge in [0.1, 0.15) is 11.5 Å². The number of aliphatic imine (C=N–C) groups is 1. The predicted molar refractivity (Wildman–Crippen MR) is 118 cm³/mol. The van der Waals surface area contributed by atoms with Crippen LogP contribution in [0.1, 0.15) is 25.3 Å². The monoisotopic (exact) mass is 402 g/mol. The maximum atomic E-state index is 5.85. The number of hydrogen-bond acceptors (Lipinski definition) is 5. The Hall–Kier alpha value is -2.41. The predicted octanol–water partition coefficient (Wildman–Crippen LogP) is 4.08. The molecule has 2 aromatic rings. The summed E-state index contributed by atoms with van der Waals surface area (Å²) in [6.45, 7) is 4.17. The van der Waals surface area contributed by atoms with Crippen LogP contribution < -0.4 is 20.1 Å². The topological polar surface area (TPSA) is 67.8 Å². The quantitative estimate of drug-likeness (QED) is 0.335. The molecular formula is C21H30N4O2S. The Morgan fingerprint density at radius 2 is 1.89 bits per heavy atom. The van der Waals surface area contributed by atoms with Gasteiger partial charge in [-0.1, -0.05) is 0 Å². The lowest BCUT2D eigenvalue weighted by atomic mass is 10.2. The molecule has 0 amide bonds. The normalized spacial score (nSPS) is 11.2. The van der Waals surface area contributed by atoms with Crippen LogP contribution in [0.15, 0.2) is 47.6 Å². The Morgan fingerprint density at radius 3 is 2.61 bits per heavy atom. The standard InChI is InChI=1S/C21H30N4O2S/c1-4-26-18-7-9-19(10-8-18)27-20-15-17(11-13-23-20)16-25-21(22-2)24-12-5-6-14-28-3/h7-11,13,15H,4-6,12,14,16H2,1-3H3,(H2,22,24,25). The van der Waals surface area contributed by atoms with E-state index in [2.05, 4.69) is 26.9 Å². The molecular weight excluding hydrogens is 372 g/mol. The summed E-state index contributed by atoms with van der Waals surface area (Å²) >= 11 is 1.88. The van der Waals surface area contributed by atoms with Crippen molar-refractivity contribution >= 4 is 17.7 Å². The van der Waals surface area contributed by atoms with Crippen molar-refractivity contribution in [3.05, 3.63) is 48.2 Å². The van der Waals surface area contributed by atoms with E-state index in [9.17, 15) is 0 Å². The molecule has 0 aliphatic heterocycles. The third-order valence-corrected chi connectivity index (χ3v) is 4.60. The second-order valence-electron chi connectivity index (χ2n) is 6.06. The van der Waals surface area contributed by atoms with Crippen molar-refractivity contribution in [1.29, 1.82) is 0 Å². The van der Waals surface area contributed by atoms with Crippen LogP contribution in [0.5, 0.6) is 17.4 Å². The molecule has 0 spiro atoms. The van der Waals surface area contributed by atoms with Crippen molar-refractivity contribution in [2.45, 2.75) is 26.3 Å². The summed E-state index contributed by atoms with van der Waals surface area (Å²) in [6.07, 6.45) is 6.23. The first-order valence-electron chi connectivity index (χ1n) is 9.54. The summed E-state index contributed by atoms with van der Waals surface area (Å²) in [5, 5.41) is 6.66. The van der Waals surface area contributed by atoms with Crippen LogP contribution in [0.2, 0.25) is 0 Å². The Bertz CT molecular complexity index is 723. The number of nitrogens with one attached hydrogen (secondary N) is 2. The van der Waals surface area contributed by atoms with Crippen molar-refractivity contribution in [1.82, 2.24) is 15.6 Å². The molecule has 1 heterocycles. The SMILES string of the molecule is CCOc1ccc(Oc2cc(CNC(=NC)NCCCCSC)ccn2)cc1. The van der Waals surface area contributed by atoms with Gasteiger partial charge in [0.05, 0.1) is 6.61 Å². The fourth-order valence-corrected chi connectivity index (χ4v) is 2.98. The highest BCUT2D eigenvalue weighted by atomic mass is 32.2. The molecule has 1 aromatic heterocycles. The van der Waals surface area contributed by atoms with Gasteiger partial charge in [-0.2, -0.15) is 11.8 Å². The maximum Gasteiger partial charge on any atom is 0.219 e. The molecule has 6 nitrogen and oxygen atoms in total. The molecule has 0 fully saturated rings. The Labute approximate surface area is 172 Å². The lowest BCUT2D eigenvalue weighted by Crippen LogP contribution is -2.37. The highest BCUT2D eigenvalue weighted by molar-refractivity contribution is 7.98.